The second-order valence-corrected chi connectivity index (χ2v) is 8.99. The van der Waals surface area contributed by atoms with Crippen LogP contribution in [0.15, 0.2) is 24.4 Å². The average Bonchev–Trinajstić information content (AvgIpc) is 3.54. The zero-order chi connectivity index (χ0) is 20.9. The van der Waals surface area contributed by atoms with Gasteiger partial charge in [-0.15, -0.1) is 0 Å². The van der Waals surface area contributed by atoms with E-state index in [-0.39, 0.29) is 6.10 Å². The van der Waals surface area contributed by atoms with Gasteiger partial charge in [0, 0.05) is 23.0 Å². The zero-order valence-corrected chi connectivity index (χ0v) is 18.2. The lowest BCUT2D eigenvalue weighted by Gasteiger charge is -2.28. The molecule has 2 atom stereocenters. The molecule has 3 aliphatic rings. The Kier molecular flexibility index (Phi) is 4.74. The molecule has 2 bridgehead atoms. The lowest BCUT2D eigenvalue weighted by Crippen LogP contribution is -2.37. The third-order valence-electron chi connectivity index (χ3n) is 6.74. The summed E-state index contributed by atoms with van der Waals surface area (Å²) in [6, 6.07) is 6.90. The first-order valence-electron chi connectivity index (χ1n) is 10.9. The summed E-state index contributed by atoms with van der Waals surface area (Å²) in [6.07, 6.45) is 5.35. The normalized spacial score (nSPS) is 23.7. The number of benzene rings is 1. The first-order chi connectivity index (χ1) is 15.2. The van der Waals surface area contributed by atoms with Gasteiger partial charge in [-0.2, -0.15) is 15.1 Å². The molecule has 8 nitrogen and oxygen atoms in total. The van der Waals surface area contributed by atoms with E-state index in [1.54, 1.807) is 7.11 Å². The van der Waals surface area contributed by atoms with Crippen molar-refractivity contribution in [2.45, 2.75) is 37.3 Å². The fraction of sp³-hybridized carbons (Fsp3) is 0.500. The Morgan fingerprint density at radius 1 is 1.16 bits per heavy atom. The maximum atomic E-state index is 6.67. The third kappa shape index (κ3) is 3.33. The molecule has 3 aliphatic heterocycles. The Bertz CT molecular complexity index is 1130. The van der Waals surface area contributed by atoms with Crippen molar-refractivity contribution in [3.05, 3.63) is 35.0 Å². The monoisotopic (exact) mass is 440 g/mol. The number of nitrogens with zero attached hydrogens (tertiary/aromatic N) is 5. The summed E-state index contributed by atoms with van der Waals surface area (Å²) >= 11 is 6.67. The largest absolute Gasteiger partial charge is 0.467 e. The van der Waals surface area contributed by atoms with Gasteiger partial charge in [-0.3, -0.25) is 0 Å². The van der Waals surface area contributed by atoms with Crippen LogP contribution in [0.4, 0.5) is 5.82 Å². The Hall–Kier alpha value is -2.42. The molecule has 3 saturated heterocycles. The van der Waals surface area contributed by atoms with Crippen molar-refractivity contribution in [3.8, 4) is 11.8 Å². The Morgan fingerprint density at radius 3 is 2.74 bits per heavy atom. The third-order valence-corrected chi connectivity index (χ3v) is 7.07. The van der Waals surface area contributed by atoms with Gasteiger partial charge >= 0.3 is 6.01 Å². The van der Waals surface area contributed by atoms with Crippen molar-refractivity contribution in [3.63, 3.8) is 0 Å². The number of fused-ring (bicyclic) bond motifs is 3. The molecule has 31 heavy (non-hydrogen) atoms. The molecule has 9 heteroatoms. The number of anilines is 1. The van der Waals surface area contributed by atoms with Gasteiger partial charge in [-0.1, -0.05) is 11.6 Å². The number of hydrogen-bond acceptors (Lipinski definition) is 7. The summed E-state index contributed by atoms with van der Waals surface area (Å²) in [5.41, 5.74) is 2.18. The lowest BCUT2D eigenvalue weighted by molar-refractivity contribution is 0.0988. The van der Waals surface area contributed by atoms with Crippen LogP contribution in [0.5, 0.6) is 6.01 Å². The number of halogens is 1. The molecule has 3 aromatic rings. The standard InChI is InChI=1S/C22H25ClN6O2/c1-30-22-26-20(28-11-16-7-15(28)12-31-16)9-21(27-22)29-19-8-17(13-2-4-24-5-3-13)18(23)6-14(19)10-25-29/h6,8-10,13,15-16,24H,2-5,7,11-12H2,1H3/t15-,16-/m1/s1. The van der Waals surface area contributed by atoms with Crippen LogP contribution in [0.2, 0.25) is 5.02 Å². The summed E-state index contributed by atoms with van der Waals surface area (Å²) < 4.78 is 13.1. The van der Waals surface area contributed by atoms with E-state index in [0.717, 1.165) is 67.2 Å². The zero-order valence-electron chi connectivity index (χ0n) is 17.4. The number of hydrogen-bond donors (Lipinski definition) is 1. The maximum Gasteiger partial charge on any atom is 0.320 e. The van der Waals surface area contributed by atoms with Crippen LogP contribution < -0.4 is 15.0 Å². The smallest absolute Gasteiger partial charge is 0.320 e. The second kappa shape index (κ2) is 7.62. The predicted molar refractivity (Wildman–Crippen MR) is 119 cm³/mol. The average molecular weight is 441 g/mol. The Morgan fingerprint density at radius 2 is 2.00 bits per heavy atom. The van der Waals surface area contributed by atoms with Crippen LogP contribution >= 0.6 is 11.6 Å². The molecular formula is C22H25ClN6O2. The molecule has 0 radical (unpaired) electrons. The molecule has 1 N–H and O–H groups in total. The molecule has 5 heterocycles. The number of nitrogens with one attached hydrogen (secondary N) is 1. The van der Waals surface area contributed by atoms with Gasteiger partial charge in [0.2, 0.25) is 0 Å². The fourth-order valence-corrected chi connectivity index (χ4v) is 5.45. The summed E-state index contributed by atoms with van der Waals surface area (Å²) in [7, 11) is 1.60. The van der Waals surface area contributed by atoms with E-state index in [1.165, 1.54) is 5.56 Å². The first kappa shape index (κ1) is 19.3. The number of ether oxygens (including phenoxy) is 2. The molecule has 162 valence electrons. The fourth-order valence-electron chi connectivity index (χ4n) is 5.12. The van der Waals surface area contributed by atoms with Gasteiger partial charge in [0.1, 0.15) is 5.82 Å². The van der Waals surface area contributed by atoms with Gasteiger partial charge < -0.3 is 19.7 Å². The topological polar surface area (TPSA) is 77.3 Å². The van der Waals surface area contributed by atoms with E-state index in [9.17, 15) is 0 Å². The molecule has 0 amide bonds. The minimum Gasteiger partial charge on any atom is -0.467 e. The van der Waals surface area contributed by atoms with Crippen molar-refractivity contribution in [1.29, 1.82) is 0 Å². The highest BCUT2D eigenvalue weighted by Gasteiger charge is 2.40. The molecular weight excluding hydrogens is 416 g/mol. The van der Waals surface area contributed by atoms with Gasteiger partial charge in [-0.25, -0.2) is 4.68 Å². The molecule has 0 saturated carbocycles. The van der Waals surface area contributed by atoms with Crippen LogP contribution in [-0.2, 0) is 4.74 Å². The highest BCUT2D eigenvalue weighted by atomic mass is 35.5. The van der Waals surface area contributed by atoms with Crippen molar-refractivity contribution < 1.29 is 9.47 Å². The van der Waals surface area contributed by atoms with Crippen LogP contribution in [-0.4, -0.2) is 65.2 Å². The number of piperidine rings is 1. The van der Waals surface area contributed by atoms with Crippen molar-refractivity contribution in [2.75, 3.05) is 38.3 Å². The van der Waals surface area contributed by atoms with Crippen LogP contribution in [0, 0.1) is 0 Å². The van der Waals surface area contributed by atoms with Crippen LogP contribution in [0.25, 0.3) is 16.7 Å². The van der Waals surface area contributed by atoms with E-state index in [0.29, 0.717) is 23.8 Å². The molecule has 0 unspecified atom stereocenters. The molecule has 0 aliphatic carbocycles. The SMILES string of the molecule is COc1nc(N2C[C@H]3C[C@@H]2CO3)cc(-n2ncc3cc(Cl)c(C4CCNCC4)cc32)n1. The molecule has 3 fully saturated rings. The second-order valence-electron chi connectivity index (χ2n) is 8.58. The highest BCUT2D eigenvalue weighted by Crippen LogP contribution is 2.36. The maximum absolute atomic E-state index is 6.67. The number of morpholine rings is 1. The summed E-state index contributed by atoms with van der Waals surface area (Å²) in [5, 5.41) is 9.87. The van der Waals surface area contributed by atoms with E-state index < -0.39 is 0 Å². The lowest BCUT2D eigenvalue weighted by atomic mass is 9.90. The predicted octanol–water partition coefficient (Wildman–Crippen LogP) is 2.92. The summed E-state index contributed by atoms with van der Waals surface area (Å²) in [6.45, 7) is 3.63. The van der Waals surface area contributed by atoms with Crippen molar-refractivity contribution in [2.24, 2.45) is 0 Å². The molecule has 2 aromatic heterocycles. The Labute approximate surface area is 185 Å². The van der Waals surface area contributed by atoms with Crippen molar-refractivity contribution in [1.82, 2.24) is 25.1 Å². The van der Waals surface area contributed by atoms with Gasteiger partial charge in [0.25, 0.3) is 0 Å². The van der Waals surface area contributed by atoms with Crippen LogP contribution in [0.1, 0.15) is 30.7 Å². The van der Waals surface area contributed by atoms with Gasteiger partial charge in [-0.05, 0) is 56.0 Å². The van der Waals surface area contributed by atoms with Crippen LogP contribution in [0.3, 0.4) is 0 Å². The minimum absolute atomic E-state index is 0.287. The quantitative estimate of drug-likeness (QED) is 0.668. The van der Waals surface area contributed by atoms with Crippen molar-refractivity contribution >= 4 is 28.3 Å². The number of rotatable bonds is 4. The number of aromatic nitrogens is 4. The minimum atomic E-state index is 0.287. The van der Waals surface area contributed by atoms with Gasteiger partial charge in [0.15, 0.2) is 5.82 Å². The van der Waals surface area contributed by atoms with E-state index in [1.807, 2.05) is 23.0 Å². The van der Waals surface area contributed by atoms with E-state index in [4.69, 9.17) is 21.1 Å². The molecule has 6 rings (SSSR count). The number of methoxy groups -OCH3 is 1. The molecule has 0 spiro atoms. The van der Waals surface area contributed by atoms with E-state index >= 15 is 0 Å². The Balaban J connectivity index is 1.43. The molecule has 1 aromatic carbocycles. The summed E-state index contributed by atoms with van der Waals surface area (Å²) in [5.74, 6) is 2.00. The van der Waals surface area contributed by atoms with Gasteiger partial charge in [0.05, 0.1) is 37.6 Å². The van der Waals surface area contributed by atoms with E-state index in [2.05, 4.69) is 31.3 Å². The first-order valence-corrected chi connectivity index (χ1v) is 11.3. The summed E-state index contributed by atoms with van der Waals surface area (Å²) in [4.78, 5) is 11.5. The highest BCUT2D eigenvalue weighted by molar-refractivity contribution is 6.32.